The summed E-state index contributed by atoms with van der Waals surface area (Å²) in [4.78, 5) is 24.7. The zero-order valence-corrected chi connectivity index (χ0v) is 17.2. The number of esters is 1. The molecule has 1 heterocycles. The molecule has 0 saturated carbocycles. The van der Waals surface area contributed by atoms with Gasteiger partial charge in [-0.15, -0.1) is 0 Å². The van der Waals surface area contributed by atoms with Crippen molar-refractivity contribution in [1.82, 2.24) is 0 Å². The third kappa shape index (κ3) is 4.61. The van der Waals surface area contributed by atoms with Crippen molar-refractivity contribution in [3.8, 4) is 0 Å². The number of ether oxygens (including phenoxy) is 2. The maximum atomic E-state index is 12.5. The monoisotopic (exact) mass is 445 g/mol. The van der Waals surface area contributed by atoms with Gasteiger partial charge in [0.05, 0.1) is 6.61 Å². The molecule has 3 aromatic rings. The fraction of sp³-hybridized carbons (Fsp3) is 0.238. The second-order valence-corrected chi connectivity index (χ2v) is 7.04. The second kappa shape index (κ2) is 9.03. The van der Waals surface area contributed by atoms with Gasteiger partial charge in [-0.3, -0.25) is 4.79 Å². The van der Waals surface area contributed by atoms with Gasteiger partial charge in [0.15, 0.2) is 6.61 Å². The molecule has 0 aliphatic carbocycles. The van der Waals surface area contributed by atoms with Crippen LogP contribution in [0.25, 0.3) is 11.0 Å². The van der Waals surface area contributed by atoms with Crippen LogP contribution < -0.4 is 5.32 Å². The molecule has 146 valence electrons. The first-order valence-corrected chi connectivity index (χ1v) is 9.60. The van der Waals surface area contributed by atoms with Gasteiger partial charge in [-0.2, -0.15) is 0 Å². The third-order valence-electron chi connectivity index (χ3n) is 4.13. The van der Waals surface area contributed by atoms with E-state index in [0.717, 1.165) is 15.4 Å². The Labute approximate surface area is 170 Å². The molecule has 6 nitrogen and oxygen atoms in total. The third-order valence-corrected chi connectivity index (χ3v) is 4.62. The van der Waals surface area contributed by atoms with Gasteiger partial charge in [0.25, 0.3) is 5.91 Å². The van der Waals surface area contributed by atoms with E-state index in [2.05, 4.69) is 21.2 Å². The summed E-state index contributed by atoms with van der Waals surface area (Å²) in [6.45, 7) is 4.06. The number of hydrogen-bond donors (Lipinski definition) is 1. The van der Waals surface area contributed by atoms with Crippen LogP contribution in [0, 0.1) is 6.92 Å². The van der Waals surface area contributed by atoms with Crippen molar-refractivity contribution in [3.63, 3.8) is 0 Å². The molecule has 3 rings (SSSR count). The van der Waals surface area contributed by atoms with Gasteiger partial charge in [0, 0.05) is 27.7 Å². The summed E-state index contributed by atoms with van der Waals surface area (Å²) in [6.07, 6.45) is 0. The summed E-state index contributed by atoms with van der Waals surface area (Å²) in [5, 5.41) is 3.52. The lowest BCUT2D eigenvalue weighted by atomic mass is 10.1. The zero-order chi connectivity index (χ0) is 20.1. The smallest absolute Gasteiger partial charge is 0.375 e. The van der Waals surface area contributed by atoms with E-state index in [0.29, 0.717) is 23.4 Å². The number of fused-ring (bicyclic) bond motifs is 1. The van der Waals surface area contributed by atoms with Crippen LogP contribution in [-0.4, -0.2) is 25.1 Å². The van der Waals surface area contributed by atoms with Crippen molar-refractivity contribution in [1.29, 1.82) is 0 Å². The predicted molar refractivity (Wildman–Crippen MR) is 109 cm³/mol. The quantitative estimate of drug-likeness (QED) is 0.526. The Balaban J connectivity index is 1.69. The van der Waals surface area contributed by atoms with Crippen LogP contribution in [0.1, 0.15) is 28.6 Å². The van der Waals surface area contributed by atoms with Crippen LogP contribution in [0.15, 0.2) is 51.4 Å². The Morgan fingerprint density at radius 3 is 2.71 bits per heavy atom. The van der Waals surface area contributed by atoms with E-state index in [1.165, 1.54) is 0 Å². The number of benzene rings is 2. The molecule has 0 radical (unpaired) electrons. The second-order valence-electron chi connectivity index (χ2n) is 6.13. The van der Waals surface area contributed by atoms with Gasteiger partial charge < -0.3 is 19.2 Å². The molecule has 0 bridgehead atoms. The zero-order valence-electron chi connectivity index (χ0n) is 15.6. The Kier molecular flexibility index (Phi) is 6.49. The fourth-order valence-corrected chi connectivity index (χ4v) is 3.24. The molecule has 0 spiro atoms. The molecule has 0 fully saturated rings. The van der Waals surface area contributed by atoms with E-state index in [9.17, 15) is 9.59 Å². The highest BCUT2D eigenvalue weighted by Gasteiger charge is 2.22. The van der Waals surface area contributed by atoms with Gasteiger partial charge in [-0.1, -0.05) is 34.1 Å². The number of halogens is 1. The van der Waals surface area contributed by atoms with E-state index in [4.69, 9.17) is 13.9 Å². The van der Waals surface area contributed by atoms with Crippen molar-refractivity contribution < 1.29 is 23.5 Å². The molecule has 1 amide bonds. The van der Waals surface area contributed by atoms with Crippen molar-refractivity contribution in [2.24, 2.45) is 0 Å². The molecule has 0 aliphatic rings. The predicted octanol–water partition coefficient (Wildman–Crippen LogP) is 4.84. The van der Waals surface area contributed by atoms with E-state index in [1.54, 1.807) is 12.1 Å². The average Bonchev–Trinajstić information content (AvgIpc) is 3.05. The molecule has 0 aliphatic heterocycles. The number of carbonyl (C=O) groups excluding carboxylic acids is 2. The number of rotatable bonds is 7. The van der Waals surface area contributed by atoms with Crippen LogP contribution in [0.2, 0.25) is 0 Å². The number of amides is 1. The first-order chi connectivity index (χ1) is 13.5. The summed E-state index contributed by atoms with van der Waals surface area (Å²) in [5.74, 6) is -1.07. The molecule has 0 unspecified atom stereocenters. The highest BCUT2D eigenvalue weighted by Crippen LogP contribution is 2.27. The van der Waals surface area contributed by atoms with Crippen LogP contribution >= 0.6 is 15.9 Å². The van der Waals surface area contributed by atoms with E-state index >= 15 is 0 Å². The normalized spacial score (nSPS) is 10.8. The van der Waals surface area contributed by atoms with E-state index < -0.39 is 18.5 Å². The lowest BCUT2D eigenvalue weighted by molar-refractivity contribution is -0.119. The SMILES string of the molecule is CCOCc1c(C(=O)OCC(=O)Nc2ccc(Br)cc2C)oc2ccccc12. The molecular weight excluding hydrogens is 426 g/mol. The van der Waals surface area contributed by atoms with Gasteiger partial charge in [0.2, 0.25) is 5.76 Å². The van der Waals surface area contributed by atoms with Gasteiger partial charge >= 0.3 is 5.97 Å². The van der Waals surface area contributed by atoms with Gasteiger partial charge in [-0.25, -0.2) is 4.79 Å². The molecule has 2 aromatic carbocycles. The van der Waals surface area contributed by atoms with Crippen LogP contribution in [0.4, 0.5) is 5.69 Å². The molecule has 7 heteroatoms. The van der Waals surface area contributed by atoms with Crippen molar-refractivity contribution >= 4 is 44.5 Å². The van der Waals surface area contributed by atoms with Crippen molar-refractivity contribution in [2.45, 2.75) is 20.5 Å². The Morgan fingerprint density at radius 1 is 1.18 bits per heavy atom. The Hall–Kier alpha value is -2.64. The minimum atomic E-state index is -0.700. The molecule has 28 heavy (non-hydrogen) atoms. The first kappa shape index (κ1) is 20.1. The number of furan rings is 1. The maximum Gasteiger partial charge on any atom is 0.375 e. The highest BCUT2D eigenvalue weighted by molar-refractivity contribution is 9.10. The van der Waals surface area contributed by atoms with E-state index in [-0.39, 0.29) is 12.4 Å². The number of carbonyl (C=O) groups is 2. The highest BCUT2D eigenvalue weighted by atomic mass is 79.9. The minimum absolute atomic E-state index is 0.0577. The fourth-order valence-electron chi connectivity index (χ4n) is 2.76. The minimum Gasteiger partial charge on any atom is -0.450 e. The maximum absolute atomic E-state index is 12.5. The lowest BCUT2D eigenvalue weighted by Crippen LogP contribution is -2.21. The average molecular weight is 446 g/mol. The number of hydrogen-bond acceptors (Lipinski definition) is 5. The number of nitrogens with one attached hydrogen (secondary N) is 1. The summed E-state index contributed by atoms with van der Waals surface area (Å²) in [6, 6.07) is 12.8. The van der Waals surface area contributed by atoms with Crippen molar-refractivity contribution in [2.75, 3.05) is 18.5 Å². The molecular formula is C21H20BrNO5. The summed E-state index contributed by atoms with van der Waals surface area (Å²) in [7, 11) is 0. The van der Waals surface area contributed by atoms with Gasteiger partial charge in [0.1, 0.15) is 5.58 Å². The first-order valence-electron chi connectivity index (χ1n) is 8.81. The Bertz CT molecular complexity index is 1010. The molecule has 0 atom stereocenters. The van der Waals surface area contributed by atoms with Gasteiger partial charge in [-0.05, 0) is 43.7 Å². The van der Waals surface area contributed by atoms with Crippen LogP contribution in [-0.2, 0) is 20.9 Å². The lowest BCUT2D eigenvalue weighted by Gasteiger charge is -2.09. The Morgan fingerprint density at radius 2 is 1.96 bits per heavy atom. The summed E-state index contributed by atoms with van der Waals surface area (Å²) in [5.41, 5.74) is 2.74. The van der Waals surface area contributed by atoms with Crippen LogP contribution in [0.3, 0.4) is 0 Å². The number of anilines is 1. The van der Waals surface area contributed by atoms with E-state index in [1.807, 2.05) is 44.2 Å². The summed E-state index contributed by atoms with van der Waals surface area (Å²) >= 11 is 3.37. The molecule has 1 aromatic heterocycles. The standard InChI is InChI=1S/C21H20BrNO5/c1-3-26-11-16-15-6-4-5-7-18(15)28-20(16)21(25)27-12-19(24)23-17-9-8-14(22)10-13(17)2/h4-10H,3,11-12H2,1-2H3,(H,23,24). The topological polar surface area (TPSA) is 77.8 Å². The van der Waals surface area contributed by atoms with Crippen LogP contribution in [0.5, 0.6) is 0 Å². The summed E-state index contributed by atoms with van der Waals surface area (Å²) < 4.78 is 17.2. The molecule has 1 N–H and O–H groups in total. The number of para-hydroxylation sites is 1. The van der Waals surface area contributed by atoms with Crippen molar-refractivity contribution in [3.05, 3.63) is 63.8 Å². The number of aryl methyl sites for hydroxylation is 1. The largest absolute Gasteiger partial charge is 0.450 e. The molecule has 0 saturated heterocycles.